The van der Waals surface area contributed by atoms with Crippen molar-refractivity contribution in [2.75, 3.05) is 87.5 Å². The van der Waals surface area contributed by atoms with Crippen LogP contribution in [0.25, 0.3) is 0 Å². The van der Waals surface area contributed by atoms with Crippen molar-refractivity contribution in [3.63, 3.8) is 0 Å². The van der Waals surface area contributed by atoms with Crippen LogP contribution in [0.5, 0.6) is 0 Å². The first kappa shape index (κ1) is 64.5. The van der Waals surface area contributed by atoms with Crippen LogP contribution in [0.4, 0.5) is 51.4 Å². The number of amides is 4. The minimum absolute atomic E-state index is 0.0716. The van der Waals surface area contributed by atoms with E-state index in [1.54, 1.807) is 85.1 Å². The fourth-order valence-corrected chi connectivity index (χ4v) is 18.0. The van der Waals surface area contributed by atoms with E-state index in [-0.39, 0.29) is 70.3 Å². The van der Waals surface area contributed by atoms with Gasteiger partial charge in [-0.15, -0.1) is 29.3 Å². The summed E-state index contributed by atoms with van der Waals surface area (Å²) in [5.41, 5.74) is 5.66. The van der Waals surface area contributed by atoms with E-state index in [4.69, 9.17) is 9.47 Å². The van der Waals surface area contributed by atoms with Crippen molar-refractivity contribution in [2.24, 2.45) is 0 Å². The fourth-order valence-electron chi connectivity index (χ4n) is 14.0. The summed E-state index contributed by atoms with van der Waals surface area (Å²) in [6.45, 7) is 8.02. The van der Waals surface area contributed by atoms with Gasteiger partial charge in [-0.1, -0.05) is 66.7 Å². The molecule has 2 aromatic heterocycles. The molecule has 26 heteroatoms. The summed E-state index contributed by atoms with van der Waals surface area (Å²) in [5, 5.41) is 4.02. The second kappa shape index (κ2) is 26.9. The van der Waals surface area contributed by atoms with Gasteiger partial charge in [-0.25, -0.2) is 49.5 Å². The molecule has 14 rings (SSSR count). The summed E-state index contributed by atoms with van der Waals surface area (Å²) in [5.74, 6) is -0.851. The normalized spacial score (nSPS) is 18.8. The SMILES string of the molecule is C=CCN(c1nccs1)S(=O)(=O)c1ccc(N2CC[C@H](N3CC4(CCN(C(=O)OCc5ccccc5)CC4)c4cc(F)ccc43)C2=O)cc1.O=C(OCc1ccccc1)N1CCC2(CC1)CN([C@H]1CCN(c3ccc(S(=O)(=O)Nc4nccs4)cc3)C1=O)c1ccc(F)cc12. The molecule has 4 amide bonds. The molecule has 2 spiro atoms. The molecule has 20 nitrogen and oxygen atoms in total. The zero-order chi connectivity index (χ0) is 66.1. The Hall–Kier alpha value is -9.24. The van der Waals surface area contributed by atoms with Gasteiger partial charge in [0.05, 0.1) is 16.3 Å². The molecule has 0 radical (unpaired) electrons. The maximum atomic E-state index is 14.7. The molecule has 95 heavy (non-hydrogen) atoms. The van der Waals surface area contributed by atoms with Gasteiger partial charge >= 0.3 is 12.2 Å². The van der Waals surface area contributed by atoms with Crippen LogP contribution in [0.15, 0.2) is 191 Å². The Bertz CT molecular complexity index is 4350. The van der Waals surface area contributed by atoms with Gasteiger partial charge in [0.15, 0.2) is 10.3 Å². The second-order valence-electron chi connectivity index (χ2n) is 24.4. The summed E-state index contributed by atoms with van der Waals surface area (Å²) in [6.07, 6.45) is 7.44. The van der Waals surface area contributed by atoms with E-state index in [1.165, 1.54) is 75.6 Å². The van der Waals surface area contributed by atoms with Gasteiger partial charge in [0.1, 0.15) is 36.9 Å². The Kier molecular flexibility index (Phi) is 18.2. The van der Waals surface area contributed by atoms with Crippen LogP contribution in [0.1, 0.15) is 60.8 Å². The number of sulfonamides is 2. The minimum Gasteiger partial charge on any atom is -0.445 e. The standard InChI is InChI=1S/C36H36FN5O5S2.C33H32FN5O5S2/c1-2-18-42(34-38-17-22-48-34)49(45,46)29-11-9-28(10-12-29)40-19-14-32(33(40)43)41-25-36(30-23-27(37)8-13-31(30)41)15-20-39(21-16-36)35(44)47-24-26-6-4-3-5-7-26;34-24-6-11-28-27(20-24)33(13-17-37(18-14-33)32(41)44-21-23-4-2-1-3-5-23)22-39(28)29-12-16-38(30(29)40)25-7-9-26(10-8-25)46(42,43)36-31-35-15-19-45-31/h2-13,17,22-23,32H,1,14-16,18-21,24-25H2;1-11,15,19-20,29H,12-14,16-18,21-22H2,(H,35,36)/t32-;29-/m00/s1. The first-order valence-electron chi connectivity index (χ1n) is 31.3. The molecule has 6 aromatic carbocycles. The number of piperidine rings is 2. The van der Waals surface area contributed by atoms with Gasteiger partial charge in [-0.2, -0.15) is 0 Å². The predicted octanol–water partition coefficient (Wildman–Crippen LogP) is 11.3. The number of aromatic nitrogens is 2. The zero-order valence-electron chi connectivity index (χ0n) is 51.6. The van der Waals surface area contributed by atoms with Crippen molar-refractivity contribution in [1.82, 2.24) is 19.8 Å². The van der Waals surface area contributed by atoms with Gasteiger partial charge in [0.2, 0.25) is 11.8 Å². The van der Waals surface area contributed by atoms with Crippen molar-refractivity contribution in [1.29, 1.82) is 0 Å². The van der Waals surface area contributed by atoms with Crippen LogP contribution in [0, 0.1) is 11.6 Å². The van der Waals surface area contributed by atoms with Gasteiger partial charge in [-0.3, -0.25) is 14.3 Å². The van der Waals surface area contributed by atoms with E-state index in [1.807, 2.05) is 60.7 Å². The summed E-state index contributed by atoms with van der Waals surface area (Å²) >= 11 is 2.41. The van der Waals surface area contributed by atoms with Crippen LogP contribution in [0.3, 0.4) is 0 Å². The highest BCUT2D eigenvalue weighted by Crippen LogP contribution is 2.51. The van der Waals surface area contributed by atoms with Crippen molar-refractivity contribution in [3.8, 4) is 0 Å². The first-order chi connectivity index (χ1) is 45.9. The van der Waals surface area contributed by atoms with E-state index >= 15 is 0 Å². The van der Waals surface area contributed by atoms with Crippen LogP contribution >= 0.6 is 22.7 Å². The quantitative estimate of drug-likeness (QED) is 0.0891. The molecule has 0 aliphatic carbocycles. The summed E-state index contributed by atoms with van der Waals surface area (Å²) in [4.78, 5) is 72.9. The second-order valence-corrected chi connectivity index (χ2v) is 29.7. The minimum atomic E-state index is -3.91. The molecule has 1 N–H and O–H groups in total. The topological polar surface area (TPSA) is 216 Å². The van der Waals surface area contributed by atoms with E-state index < -0.39 is 43.0 Å². The number of halogens is 2. The Labute approximate surface area is 557 Å². The molecule has 492 valence electrons. The van der Waals surface area contributed by atoms with Crippen LogP contribution in [-0.2, 0) is 63.2 Å². The largest absolute Gasteiger partial charge is 0.445 e. The average molecular weight is 1360 g/mol. The molecule has 2 atom stereocenters. The van der Waals surface area contributed by atoms with Crippen molar-refractivity contribution >= 4 is 99.7 Å². The van der Waals surface area contributed by atoms with Gasteiger partial charge in [0, 0.05) is 109 Å². The number of benzene rings is 6. The first-order valence-corrected chi connectivity index (χ1v) is 35.9. The summed E-state index contributed by atoms with van der Waals surface area (Å²) in [7, 11) is -7.72. The average Bonchev–Trinajstić information content (AvgIpc) is 1.58. The molecule has 8 heterocycles. The Morgan fingerprint density at radius 3 is 1.48 bits per heavy atom. The third-order valence-corrected chi connectivity index (χ3v) is 23.7. The molecule has 8 aromatic rings. The lowest BCUT2D eigenvalue weighted by Gasteiger charge is -2.40. The number of hydrogen-bond acceptors (Lipinski definition) is 16. The number of anilines is 6. The van der Waals surface area contributed by atoms with Crippen molar-refractivity contribution in [2.45, 2.75) is 84.4 Å². The number of thiazole rings is 2. The maximum Gasteiger partial charge on any atom is 0.410 e. The summed E-state index contributed by atoms with van der Waals surface area (Å²) < 4.78 is 96.6. The maximum absolute atomic E-state index is 14.7. The van der Waals surface area contributed by atoms with Gasteiger partial charge in [0.25, 0.3) is 20.0 Å². The number of rotatable bonds is 16. The van der Waals surface area contributed by atoms with E-state index in [2.05, 4.69) is 31.1 Å². The third-order valence-electron chi connectivity index (χ3n) is 18.9. The molecular formula is C69H68F2N10O10S4. The van der Waals surface area contributed by atoms with E-state index in [0.29, 0.717) is 107 Å². The van der Waals surface area contributed by atoms with Crippen LogP contribution < -0.4 is 28.6 Å². The molecule has 4 fully saturated rings. The number of carbonyl (C=O) groups is 4. The van der Waals surface area contributed by atoms with Crippen molar-refractivity contribution < 1.29 is 54.3 Å². The molecule has 0 saturated carbocycles. The number of fused-ring (bicyclic) bond motifs is 4. The molecule has 4 saturated heterocycles. The lowest BCUT2D eigenvalue weighted by Crippen LogP contribution is -2.49. The van der Waals surface area contributed by atoms with E-state index in [0.717, 1.165) is 33.6 Å². The highest BCUT2D eigenvalue weighted by Gasteiger charge is 2.52. The van der Waals surface area contributed by atoms with Gasteiger partial charge in [-0.05, 0) is 146 Å². The van der Waals surface area contributed by atoms with Crippen molar-refractivity contribution in [3.05, 3.63) is 215 Å². The molecule has 0 bridgehead atoms. The lowest BCUT2D eigenvalue weighted by molar-refractivity contribution is -0.119. The highest BCUT2D eigenvalue weighted by atomic mass is 32.2. The molecule has 6 aliphatic rings. The molecule has 6 aliphatic heterocycles. The van der Waals surface area contributed by atoms with Crippen LogP contribution in [-0.4, -0.2) is 132 Å². The highest BCUT2D eigenvalue weighted by molar-refractivity contribution is 7.93. The molecular weight excluding hydrogens is 1300 g/mol. The Morgan fingerprint density at radius 2 is 1.05 bits per heavy atom. The third kappa shape index (κ3) is 13.1. The van der Waals surface area contributed by atoms with Gasteiger partial charge < -0.3 is 38.9 Å². The number of ether oxygens (including phenoxy) is 2. The van der Waals surface area contributed by atoms with Crippen LogP contribution in [0.2, 0.25) is 0 Å². The zero-order valence-corrected chi connectivity index (χ0v) is 54.9. The monoisotopic (exact) mass is 1360 g/mol. The number of carbonyl (C=O) groups excluding carboxylic acids is 4. The summed E-state index contributed by atoms with van der Waals surface area (Å²) in [6, 6.07) is 40.2. The lowest BCUT2D eigenvalue weighted by atomic mass is 9.74. The number of nitrogens with one attached hydrogen (secondary N) is 1. The van der Waals surface area contributed by atoms with E-state index in [9.17, 15) is 44.8 Å². The number of nitrogens with zero attached hydrogens (tertiary/aromatic N) is 9. The Balaban J connectivity index is 0.000000172. The molecule has 0 unspecified atom stereocenters. The fraction of sp³-hybridized carbons (Fsp3) is 0.304. The predicted molar refractivity (Wildman–Crippen MR) is 360 cm³/mol. The number of likely N-dealkylation sites (tertiary alicyclic amines) is 2. The number of hydrogen-bond donors (Lipinski definition) is 1. The smallest absolute Gasteiger partial charge is 0.410 e. The Morgan fingerprint density at radius 1 is 0.600 bits per heavy atom.